The molecular formula is C24H35Cl2O2Si2Zr-3. The van der Waals surface area contributed by atoms with Crippen LogP contribution in [0.2, 0.25) is 19.6 Å². The third kappa shape index (κ3) is 18.8. The third-order valence-corrected chi connectivity index (χ3v) is 3.11. The first-order valence-electron chi connectivity index (χ1n) is 9.20. The summed E-state index contributed by atoms with van der Waals surface area (Å²) in [5.41, 5.74) is 0. The summed E-state index contributed by atoms with van der Waals surface area (Å²) >= 11 is 1.36. The van der Waals surface area contributed by atoms with Crippen LogP contribution in [0.4, 0.5) is 0 Å². The minimum absolute atomic E-state index is 0. The van der Waals surface area contributed by atoms with E-state index in [1.807, 2.05) is 31.8 Å². The summed E-state index contributed by atoms with van der Waals surface area (Å²) in [5, 5.41) is 13.0. The van der Waals surface area contributed by atoms with Crippen molar-refractivity contribution in [2.75, 3.05) is 6.61 Å². The molecule has 0 bridgehead atoms. The number of halogens is 2. The topological polar surface area (TPSA) is 40.5 Å². The van der Waals surface area contributed by atoms with Gasteiger partial charge in [-0.15, -0.1) is 71.0 Å². The second-order valence-corrected chi connectivity index (χ2v) is 11.2. The van der Waals surface area contributed by atoms with Crippen LogP contribution in [0.15, 0.2) is 72.8 Å². The first kappa shape index (κ1) is 37.9. The molecule has 0 aromatic heterocycles. The van der Waals surface area contributed by atoms with E-state index >= 15 is 0 Å². The van der Waals surface area contributed by atoms with Gasteiger partial charge in [0.15, 0.2) is 8.32 Å². The molecule has 172 valence electrons. The summed E-state index contributed by atoms with van der Waals surface area (Å²) in [5.74, 6) is 0. The fourth-order valence-electron chi connectivity index (χ4n) is 2.24. The van der Waals surface area contributed by atoms with Crippen LogP contribution in [0.5, 0.6) is 0 Å². The maximum Gasteiger partial charge on any atom is -0.0771 e. The second kappa shape index (κ2) is 22.8. The monoisotopic (exact) mass is 571 g/mol. The van der Waals surface area contributed by atoms with Gasteiger partial charge in [0.1, 0.15) is 0 Å². The molecule has 0 fully saturated rings. The number of hydrogen-bond acceptors (Lipinski definition) is 2. The molecule has 0 amide bonds. The minimum atomic E-state index is -1.61. The molecule has 0 heterocycles. The van der Waals surface area contributed by atoms with Crippen molar-refractivity contribution in [2.45, 2.75) is 33.0 Å². The van der Waals surface area contributed by atoms with Crippen molar-refractivity contribution in [3.8, 4) is 0 Å². The van der Waals surface area contributed by atoms with Crippen LogP contribution in [-0.2, 0) is 23.3 Å². The smallest absolute Gasteiger partial charge is 0.0771 e. The zero-order valence-corrected chi connectivity index (χ0v) is 25.1. The number of aliphatic hydroxyl groups excluding tert-OH is 1. The van der Waals surface area contributed by atoms with Crippen LogP contribution in [0, 0.1) is 13.5 Å². The fourth-order valence-corrected chi connectivity index (χ4v) is 2.24. The van der Waals surface area contributed by atoms with Crippen molar-refractivity contribution in [3.63, 3.8) is 0 Å². The van der Waals surface area contributed by atoms with Gasteiger partial charge in [-0.2, -0.15) is 6.08 Å². The van der Waals surface area contributed by atoms with Crippen LogP contribution in [0.1, 0.15) is 13.3 Å². The normalized spacial score (nSPS) is 10.1. The predicted octanol–water partition coefficient (Wildman–Crippen LogP) is 6.74. The van der Waals surface area contributed by atoms with Crippen LogP contribution in [-0.4, -0.2) is 31.7 Å². The summed E-state index contributed by atoms with van der Waals surface area (Å²) in [6.07, 6.45) is 10.0. The molecule has 3 aromatic carbocycles. The molecule has 2 radical (unpaired) electrons. The van der Waals surface area contributed by atoms with Crippen molar-refractivity contribution in [1.29, 1.82) is 0 Å². The van der Waals surface area contributed by atoms with E-state index < -0.39 is 8.32 Å². The van der Waals surface area contributed by atoms with Crippen LogP contribution >= 0.6 is 24.8 Å². The van der Waals surface area contributed by atoms with Crippen molar-refractivity contribution in [1.82, 2.24) is 0 Å². The van der Waals surface area contributed by atoms with Crippen molar-refractivity contribution < 1.29 is 33.2 Å². The van der Waals surface area contributed by atoms with E-state index in [2.05, 4.69) is 73.6 Å². The molecule has 4 rings (SSSR count). The van der Waals surface area contributed by atoms with E-state index in [-0.39, 0.29) is 38.8 Å². The largest absolute Gasteiger partial charge is 0.126 e. The van der Waals surface area contributed by atoms with Gasteiger partial charge >= 0.3 is 30.2 Å². The zero-order valence-electron chi connectivity index (χ0n) is 19.1. The summed E-state index contributed by atoms with van der Waals surface area (Å²) in [6, 6.07) is 19.3. The molecular weight excluding hydrogens is 539 g/mol. The molecule has 0 aliphatic heterocycles. The quantitative estimate of drug-likeness (QED) is 0.231. The van der Waals surface area contributed by atoms with E-state index in [1.54, 1.807) is 6.92 Å². The van der Waals surface area contributed by atoms with Gasteiger partial charge in [-0.25, -0.2) is 12.2 Å². The van der Waals surface area contributed by atoms with E-state index in [1.165, 1.54) is 44.9 Å². The fraction of sp³-hybridized carbons (Fsp3) is 0.250. The molecule has 0 unspecified atom stereocenters. The third-order valence-electron chi connectivity index (χ3n) is 3.11. The molecule has 2 N–H and O–H groups in total. The van der Waals surface area contributed by atoms with Gasteiger partial charge in [0.05, 0.1) is 0 Å². The van der Waals surface area contributed by atoms with Gasteiger partial charge in [0, 0.05) is 6.61 Å². The summed E-state index contributed by atoms with van der Waals surface area (Å²) in [6.45, 7) is 10.6. The number of aliphatic hydroxyl groups is 1. The maximum atomic E-state index is 8.66. The molecule has 1 aliphatic carbocycles. The Kier molecular flexibility index (Phi) is 27.9. The van der Waals surface area contributed by atoms with Gasteiger partial charge < -0.3 is 17.3 Å². The van der Waals surface area contributed by atoms with Crippen LogP contribution < -0.4 is 0 Å². The molecule has 7 heteroatoms. The van der Waals surface area contributed by atoms with Gasteiger partial charge in [-0.05, 0) is 26.6 Å². The SMILES string of the molecule is CCO.C[Si](C)(C)O.Cl.Cl.[C-]1=CC=CC1.[CH3-].[Si]=[Zr].c1ccc2c(c1)[cH-]c1ccccc12. The molecule has 0 saturated heterocycles. The van der Waals surface area contributed by atoms with Gasteiger partial charge in [0.2, 0.25) is 0 Å². The molecule has 0 spiro atoms. The Morgan fingerprint density at radius 2 is 1.32 bits per heavy atom. The Balaban J connectivity index is -0.000000174. The van der Waals surface area contributed by atoms with Crippen molar-refractivity contribution >= 4 is 61.6 Å². The molecule has 1 aliphatic rings. The van der Waals surface area contributed by atoms with Crippen molar-refractivity contribution in [3.05, 3.63) is 86.3 Å². The maximum absolute atomic E-state index is 8.66. The number of fused-ring (bicyclic) bond motifs is 3. The zero-order chi connectivity index (χ0) is 21.4. The van der Waals surface area contributed by atoms with Crippen LogP contribution in [0.25, 0.3) is 21.5 Å². The first-order valence-corrected chi connectivity index (χ1v) is 16.8. The average Bonchev–Trinajstić information content (AvgIpc) is 3.34. The Morgan fingerprint density at radius 3 is 1.58 bits per heavy atom. The van der Waals surface area contributed by atoms with Gasteiger partial charge in [-0.1, -0.05) is 36.4 Å². The minimum Gasteiger partial charge on any atom is -0.126 e. The van der Waals surface area contributed by atoms with E-state index in [9.17, 15) is 0 Å². The second-order valence-electron chi connectivity index (χ2n) is 6.81. The molecule has 0 saturated carbocycles. The number of allylic oxidation sites excluding steroid dienone is 4. The van der Waals surface area contributed by atoms with E-state index in [0.29, 0.717) is 0 Å². The molecule has 31 heavy (non-hydrogen) atoms. The Bertz CT molecular complexity index is 793. The van der Waals surface area contributed by atoms with E-state index in [0.717, 1.165) is 6.42 Å². The van der Waals surface area contributed by atoms with Crippen molar-refractivity contribution in [2.24, 2.45) is 0 Å². The number of hydrogen-bond donors (Lipinski definition) is 2. The predicted molar refractivity (Wildman–Crippen MR) is 144 cm³/mol. The van der Waals surface area contributed by atoms with Gasteiger partial charge in [0.25, 0.3) is 0 Å². The summed E-state index contributed by atoms with van der Waals surface area (Å²) in [7, 11) is -1.61. The first-order chi connectivity index (χ1) is 13.4. The standard InChI is InChI=1S/C13H9.C5H5.C3H10OSi.C2H6O.CH3.2ClH.Si.Zr/c1-3-7-12-10(5-1)9-11-6-2-4-8-13(11)12;1-2-4-5-3-1;1-5(2,3)4;1-2-3;;;;;/h1-9H;1-3H,4H2;4H,1-3H3;3H,2H2,1H3;1H3;2*1H;;/q2*-1;;;-1;;;;. The Labute approximate surface area is 219 Å². The molecule has 3 aromatic rings. The van der Waals surface area contributed by atoms with Gasteiger partial charge in [-0.3, -0.25) is 6.08 Å². The number of benzene rings is 2. The molecule has 2 nitrogen and oxygen atoms in total. The summed E-state index contributed by atoms with van der Waals surface area (Å²) in [4.78, 5) is 8.66. The Morgan fingerprint density at radius 1 is 0.968 bits per heavy atom. The van der Waals surface area contributed by atoms with E-state index in [4.69, 9.17) is 9.90 Å². The number of rotatable bonds is 0. The summed E-state index contributed by atoms with van der Waals surface area (Å²) < 4.78 is 0. The van der Waals surface area contributed by atoms with Crippen LogP contribution in [0.3, 0.4) is 0 Å². The Hall–Kier alpha value is -0.393. The molecule has 0 atom stereocenters. The average molecular weight is 574 g/mol.